The highest BCUT2D eigenvalue weighted by Crippen LogP contribution is 2.23. The van der Waals surface area contributed by atoms with E-state index in [9.17, 15) is 4.79 Å². The van der Waals surface area contributed by atoms with E-state index in [2.05, 4.69) is 20.6 Å². The second-order valence-corrected chi connectivity index (χ2v) is 4.90. The number of anilines is 1. The fourth-order valence-electron chi connectivity index (χ4n) is 2.54. The van der Waals surface area contributed by atoms with Crippen molar-refractivity contribution in [1.29, 1.82) is 0 Å². The summed E-state index contributed by atoms with van der Waals surface area (Å²) in [7, 11) is 0. The number of nitrogens with one attached hydrogen (secondary N) is 2. The smallest absolute Gasteiger partial charge is 0.364 e. The van der Waals surface area contributed by atoms with Gasteiger partial charge in [0.2, 0.25) is 0 Å². The lowest BCUT2D eigenvalue weighted by molar-refractivity contribution is 0.373. The third-order valence-corrected chi connectivity index (χ3v) is 3.57. The fraction of sp³-hybridized carbons (Fsp3) is 0.583. The summed E-state index contributed by atoms with van der Waals surface area (Å²) in [6.45, 7) is 0.936. The molecule has 0 atom stereocenters. The third-order valence-electron chi connectivity index (χ3n) is 3.57. The molecule has 1 aliphatic rings. The number of hydrogen-bond donors (Lipinski definition) is 2. The van der Waals surface area contributed by atoms with E-state index in [4.69, 9.17) is 0 Å². The Balaban J connectivity index is 1.70. The number of nitrogens with zero attached hydrogens (tertiary/aromatic N) is 3. The molecule has 1 aliphatic carbocycles. The van der Waals surface area contributed by atoms with Gasteiger partial charge >= 0.3 is 5.69 Å². The molecule has 2 aromatic rings. The molecule has 0 radical (unpaired) electrons. The molecule has 3 rings (SSSR count). The molecule has 96 valence electrons. The minimum Gasteiger partial charge on any atom is -0.368 e. The zero-order chi connectivity index (χ0) is 12.4. The first kappa shape index (κ1) is 11.3. The van der Waals surface area contributed by atoms with Crippen molar-refractivity contribution < 1.29 is 0 Å². The van der Waals surface area contributed by atoms with Gasteiger partial charge in [-0.15, -0.1) is 5.10 Å². The first-order valence-electron chi connectivity index (χ1n) is 6.51. The van der Waals surface area contributed by atoms with E-state index in [0.29, 0.717) is 5.65 Å². The van der Waals surface area contributed by atoms with Gasteiger partial charge in [-0.05, 0) is 30.9 Å². The summed E-state index contributed by atoms with van der Waals surface area (Å²) in [4.78, 5) is 11.4. The van der Waals surface area contributed by atoms with Gasteiger partial charge < -0.3 is 5.32 Å². The Hall–Kier alpha value is -1.85. The van der Waals surface area contributed by atoms with Crippen LogP contribution in [0.4, 0.5) is 5.82 Å². The van der Waals surface area contributed by atoms with Gasteiger partial charge in [0.15, 0.2) is 5.65 Å². The van der Waals surface area contributed by atoms with Gasteiger partial charge in [0.25, 0.3) is 0 Å². The molecule has 2 N–H and O–H groups in total. The summed E-state index contributed by atoms with van der Waals surface area (Å²) in [5.74, 6) is 1.47. The lowest BCUT2D eigenvalue weighted by Gasteiger charge is -2.21. The van der Waals surface area contributed by atoms with Gasteiger partial charge in [-0.25, -0.2) is 9.89 Å². The monoisotopic (exact) mass is 247 g/mol. The molecule has 1 fully saturated rings. The Morgan fingerprint density at radius 2 is 2.17 bits per heavy atom. The summed E-state index contributed by atoms with van der Waals surface area (Å²) in [5.41, 5.74) is 0.245. The standard InChI is InChI=1S/C12H17N5O/c18-12-15-14-11-7-6-10(16-17(11)12)13-8-9-4-2-1-3-5-9/h6-7,9H,1-5,8H2,(H,13,16)(H,15,18). The summed E-state index contributed by atoms with van der Waals surface area (Å²) >= 11 is 0. The van der Waals surface area contributed by atoms with Gasteiger partial charge in [0.1, 0.15) is 5.82 Å². The number of rotatable bonds is 3. The molecule has 0 spiro atoms. The molecule has 0 amide bonds. The molecule has 6 heteroatoms. The number of H-pyrrole nitrogens is 1. The predicted molar refractivity (Wildman–Crippen MR) is 68.7 cm³/mol. The largest absolute Gasteiger partial charge is 0.368 e. The van der Waals surface area contributed by atoms with Crippen molar-refractivity contribution in [2.24, 2.45) is 5.92 Å². The normalized spacial score (nSPS) is 17.1. The highest BCUT2D eigenvalue weighted by atomic mass is 16.2. The summed E-state index contributed by atoms with van der Waals surface area (Å²) in [6.07, 6.45) is 6.62. The lowest BCUT2D eigenvalue weighted by Crippen LogP contribution is -2.19. The Bertz CT molecular complexity index is 581. The third kappa shape index (κ3) is 2.23. The molecule has 6 nitrogen and oxygen atoms in total. The molecule has 0 saturated heterocycles. The number of aromatic amines is 1. The highest BCUT2D eigenvalue weighted by molar-refractivity contribution is 5.42. The van der Waals surface area contributed by atoms with Crippen LogP contribution in [0.5, 0.6) is 0 Å². The summed E-state index contributed by atoms with van der Waals surface area (Å²) < 4.78 is 1.28. The lowest BCUT2D eigenvalue weighted by atomic mass is 9.89. The predicted octanol–water partition coefficient (Wildman–Crippen LogP) is 1.41. The average Bonchev–Trinajstić information content (AvgIpc) is 2.79. The van der Waals surface area contributed by atoms with Crippen molar-refractivity contribution >= 4 is 11.5 Å². The summed E-state index contributed by atoms with van der Waals surface area (Å²) in [5, 5.41) is 13.8. The van der Waals surface area contributed by atoms with Crippen LogP contribution in [0, 0.1) is 5.92 Å². The zero-order valence-electron chi connectivity index (χ0n) is 10.2. The maximum Gasteiger partial charge on any atom is 0.364 e. The van der Waals surface area contributed by atoms with Gasteiger partial charge in [-0.2, -0.15) is 9.61 Å². The van der Waals surface area contributed by atoms with E-state index in [1.54, 1.807) is 6.07 Å². The van der Waals surface area contributed by atoms with E-state index in [-0.39, 0.29) is 5.69 Å². The van der Waals surface area contributed by atoms with Crippen molar-refractivity contribution in [2.75, 3.05) is 11.9 Å². The van der Waals surface area contributed by atoms with Crippen LogP contribution in [0.15, 0.2) is 16.9 Å². The van der Waals surface area contributed by atoms with Crippen molar-refractivity contribution in [1.82, 2.24) is 19.8 Å². The van der Waals surface area contributed by atoms with Crippen LogP contribution in [0.1, 0.15) is 32.1 Å². The zero-order valence-corrected chi connectivity index (χ0v) is 10.2. The van der Waals surface area contributed by atoms with Crippen LogP contribution in [-0.2, 0) is 0 Å². The van der Waals surface area contributed by atoms with E-state index in [0.717, 1.165) is 18.3 Å². The molecule has 2 heterocycles. The average molecular weight is 247 g/mol. The molecule has 2 aromatic heterocycles. The van der Waals surface area contributed by atoms with Crippen LogP contribution in [-0.4, -0.2) is 26.4 Å². The molecular weight excluding hydrogens is 230 g/mol. The topological polar surface area (TPSA) is 75.1 Å². The molecule has 1 saturated carbocycles. The van der Waals surface area contributed by atoms with Crippen molar-refractivity contribution in [3.8, 4) is 0 Å². The fourth-order valence-corrected chi connectivity index (χ4v) is 2.54. The molecule has 0 aromatic carbocycles. The van der Waals surface area contributed by atoms with Gasteiger partial charge in [-0.3, -0.25) is 0 Å². The van der Waals surface area contributed by atoms with Crippen LogP contribution >= 0.6 is 0 Å². The van der Waals surface area contributed by atoms with Crippen LogP contribution in [0.25, 0.3) is 5.65 Å². The summed E-state index contributed by atoms with van der Waals surface area (Å²) in [6, 6.07) is 3.65. The van der Waals surface area contributed by atoms with E-state index < -0.39 is 0 Å². The number of fused-ring (bicyclic) bond motifs is 1. The van der Waals surface area contributed by atoms with Gasteiger partial charge in [0.05, 0.1) is 0 Å². The van der Waals surface area contributed by atoms with Crippen LogP contribution in [0.3, 0.4) is 0 Å². The van der Waals surface area contributed by atoms with E-state index in [1.165, 1.54) is 36.6 Å². The van der Waals surface area contributed by atoms with Gasteiger partial charge in [-0.1, -0.05) is 19.3 Å². The number of hydrogen-bond acceptors (Lipinski definition) is 4. The first-order valence-corrected chi connectivity index (χ1v) is 6.51. The quantitative estimate of drug-likeness (QED) is 0.860. The Kier molecular flexibility index (Phi) is 3.00. The number of aromatic nitrogens is 4. The van der Waals surface area contributed by atoms with Crippen molar-refractivity contribution in [2.45, 2.75) is 32.1 Å². The van der Waals surface area contributed by atoms with E-state index in [1.807, 2.05) is 6.07 Å². The molecule has 0 unspecified atom stereocenters. The maximum absolute atomic E-state index is 11.4. The second kappa shape index (κ2) is 4.80. The Labute approximate surface area is 104 Å². The Morgan fingerprint density at radius 1 is 1.33 bits per heavy atom. The van der Waals surface area contributed by atoms with E-state index >= 15 is 0 Å². The SMILES string of the molecule is O=c1[nH]nc2ccc(NCC3CCCCC3)nn12. The molecule has 0 bridgehead atoms. The minimum atomic E-state index is -0.300. The second-order valence-electron chi connectivity index (χ2n) is 4.90. The maximum atomic E-state index is 11.4. The van der Waals surface area contributed by atoms with Crippen molar-refractivity contribution in [3.63, 3.8) is 0 Å². The van der Waals surface area contributed by atoms with Crippen molar-refractivity contribution in [3.05, 3.63) is 22.6 Å². The van der Waals surface area contributed by atoms with Crippen LogP contribution < -0.4 is 11.0 Å². The van der Waals surface area contributed by atoms with Gasteiger partial charge in [0, 0.05) is 6.54 Å². The molecular formula is C12H17N5O. The minimum absolute atomic E-state index is 0.300. The molecule has 18 heavy (non-hydrogen) atoms. The highest BCUT2D eigenvalue weighted by Gasteiger charge is 2.13. The Morgan fingerprint density at radius 3 is 3.00 bits per heavy atom. The first-order chi connectivity index (χ1) is 8.83. The molecule has 0 aliphatic heterocycles. The van der Waals surface area contributed by atoms with Crippen LogP contribution in [0.2, 0.25) is 0 Å².